The van der Waals surface area contributed by atoms with Crippen molar-refractivity contribution in [2.45, 2.75) is 67.6 Å². The molecule has 0 radical (unpaired) electrons. The van der Waals surface area contributed by atoms with Crippen molar-refractivity contribution in [3.8, 4) is 5.75 Å². The molecule has 2 fully saturated rings. The van der Waals surface area contributed by atoms with E-state index in [1.165, 1.54) is 42.1 Å². The van der Waals surface area contributed by atoms with Crippen molar-refractivity contribution in [2.75, 3.05) is 23.8 Å². The van der Waals surface area contributed by atoms with Gasteiger partial charge in [-0.25, -0.2) is 13.2 Å². The van der Waals surface area contributed by atoms with E-state index in [0.717, 1.165) is 25.8 Å². The zero-order chi connectivity index (χ0) is 28.2. The fourth-order valence-corrected chi connectivity index (χ4v) is 8.05. The molecule has 1 aliphatic heterocycles. The van der Waals surface area contributed by atoms with E-state index in [4.69, 9.17) is 4.74 Å². The number of ether oxygens (including phenoxy) is 1. The number of benzene rings is 2. The molecule has 2 aromatic carbocycles. The van der Waals surface area contributed by atoms with Crippen LogP contribution in [0.15, 0.2) is 41.3 Å². The maximum absolute atomic E-state index is 14.3. The molecule has 214 valence electrons. The highest BCUT2D eigenvalue weighted by molar-refractivity contribution is 7.99. The van der Waals surface area contributed by atoms with E-state index in [2.05, 4.69) is 0 Å². The molecule has 0 unspecified atom stereocenters. The molecule has 2 saturated carbocycles. The van der Waals surface area contributed by atoms with Crippen LogP contribution in [0.1, 0.15) is 51.0 Å². The van der Waals surface area contributed by atoms with Crippen LogP contribution in [0.25, 0.3) is 0 Å². The van der Waals surface area contributed by atoms with Crippen LogP contribution in [0.4, 0.5) is 37.7 Å². The van der Waals surface area contributed by atoms with Crippen molar-refractivity contribution in [2.24, 2.45) is 11.3 Å². The maximum atomic E-state index is 14.3. The minimum absolute atomic E-state index is 0.0752. The Morgan fingerprint density at radius 1 is 1.08 bits per heavy atom. The monoisotopic (exact) mass is 593 g/mol. The number of nitrogens with zero attached hydrogens (tertiary/aromatic N) is 1. The molecular weight excluding hydrogens is 563 g/mol. The lowest BCUT2D eigenvalue weighted by Crippen LogP contribution is -2.48. The Balaban J connectivity index is 1.49. The molecule has 1 heterocycles. The number of alkyl halides is 5. The smallest absolute Gasteiger partial charge is 0.420 e. The largest absolute Gasteiger partial charge is 0.492 e. The number of fused-ring (bicyclic) bond motifs is 1. The Morgan fingerprint density at radius 3 is 2.31 bits per heavy atom. The first-order valence-electron chi connectivity index (χ1n) is 12.8. The summed E-state index contributed by atoms with van der Waals surface area (Å²) >= 11 is 1.27. The fraction of sp³-hybridized carbons (Fsp3) is 0.556. The van der Waals surface area contributed by atoms with Gasteiger partial charge in [-0.2, -0.15) is 13.2 Å². The third-order valence-corrected chi connectivity index (χ3v) is 10.6. The molecule has 2 aliphatic carbocycles. The summed E-state index contributed by atoms with van der Waals surface area (Å²) in [6.07, 6.45) is -1.98. The summed E-state index contributed by atoms with van der Waals surface area (Å²) in [6.45, 7) is 0.784. The van der Waals surface area contributed by atoms with E-state index >= 15 is 0 Å². The fourth-order valence-electron chi connectivity index (χ4n) is 5.72. The number of rotatable bonds is 8. The minimum atomic E-state index is -4.77. The Labute approximate surface area is 228 Å². The number of halogens is 6. The van der Waals surface area contributed by atoms with Crippen LogP contribution in [-0.2, 0) is 6.18 Å². The van der Waals surface area contributed by atoms with Crippen LogP contribution in [-0.4, -0.2) is 39.8 Å². The molecule has 5 rings (SSSR count). The van der Waals surface area contributed by atoms with E-state index in [-0.39, 0.29) is 43.0 Å². The maximum Gasteiger partial charge on any atom is 0.420 e. The van der Waals surface area contributed by atoms with Crippen LogP contribution < -0.4 is 9.64 Å². The van der Waals surface area contributed by atoms with Gasteiger partial charge >= 0.3 is 6.18 Å². The number of hydrogen-bond donors (Lipinski definition) is 2. The van der Waals surface area contributed by atoms with E-state index in [1.54, 1.807) is 4.90 Å². The lowest BCUT2D eigenvalue weighted by Gasteiger charge is -2.48. The molecule has 0 bridgehead atoms. The van der Waals surface area contributed by atoms with E-state index in [0.29, 0.717) is 29.2 Å². The zero-order valence-corrected chi connectivity index (χ0v) is 23.0. The topological polar surface area (TPSA) is 52.9 Å². The lowest BCUT2D eigenvalue weighted by molar-refractivity contribution is -0.139. The number of thioether (sulfide) groups is 1. The van der Waals surface area contributed by atoms with Gasteiger partial charge < -0.3 is 19.4 Å². The summed E-state index contributed by atoms with van der Waals surface area (Å²) in [5.74, 6) is -3.65. The predicted octanol–water partition coefficient (Wildman–Crippen LogP) is 8.13. The van der Waals surface area contributed by atoms with Crippen molar-refractivity contribution in [3.05, 3.63) is 47.8 Å². The van der Waals surface area contributed by atoms with E-state index in [1.807, 2.05) is 0 Å². The number of hydrogen-bond acceptors (Lipinski definition) is 5. The van der Waals surface area contributed by atoms with Gasteiger partial charge in [0.15, 0.2) is 8.38 Å². The molecule has 0 aromatic heterocycles. The van der Waals surface area contributed by atoms with Gasteiger partial charge in [0, 0.05) is 29.3 Å². The molecule has 1 spiro atoms. The zero-order valence-electron chi connectivity index (χ0n) is 21.3. The molecular formula is C27H30F6NO3PS. The first-order chi connectivity index (χ1) is 18.2. The normalized spacial score (nSPS) is 21.9. The van der Waals surface area contributed by atoms with Gasteiger partial charge in [-0.05, 0) is 86.8 Å². The van der Waals surface area contributed by atoms with Gasteiger partial charge in [-0.15, -0.1) is 11.8 Å². The van der Waals surface area contributed by atoms with E-state index in [9.17, 15) is 36.1 Å². The summed E-state index contributed by atoms with van der Waals surface area (Å²) in [4.78, 5) is 22.2. The van der Waals surface area contributed by atoms with Crippen LogP contribution in [0.5, 0.6) is 5.75 Å². The molecule has 12 heteroatoms. The average Bonchev–Trinajstić information content (AvgIpc) is 3.63. The van der Waals surface area contributed by atoms with Crippen molar-refractivity contribution in [3.63, 3.8) is 0 Å². The highest BCUT2D eigenvalue weighted by Gasteiger charge is 2.64. The predicted molar refractivity (Wildman–Crippen MR) is 139 cm³/mol. The van der Waals surface area contributed by atoms with Crippen LogP contribution in [0, 0.1) is 17.2 Å². The summed E-state index contributed by atoms with van der Waals surface area (Å²) in [6, 6.07) is 7.63. The van der Waals surface area contributed by atoms with Gasteiger partial charge in [0.05, 0.1) is 16.4 Å². The first-order valence-corrected chi connectivity index (χ1v) is 15.0. The summed E-state index contributed by atoms with van der Waals surface area (Å²) in [5, 5.41) is -0.953. The first kappa shape index (κ1) is 28.8. The minimum Gasteiger partial charge on any atom is -0.492 e. The van der Waals surface area contributed by atoms with Crippen molar-refractivity contribution in [1.82, 2.24) is 0 Å². The Kier molecular flexibility index (Phi) is 7.62. The molecule has 0 saturated heterocycles. The Hall–Kier alpha value is -1.68. The second kappa shape index (κ2) is 10.3. The Bertz CT molecular complexity index is 1190. The van der Waals surface area contributed by atoms with Crippen LogP contribution in [0.3, 0.4) is 0 Å². The molecule has 3 aliphatic rings. The summed E-state index contributed by atoms with van der Waals surface area (Å²) < 4.78 is 89.6. The van der Waals surface area contributed by atoms with Crippen molar-refractivity contribution < 1.29 is 40.9 Å². The van der Waals surface area contributed by atoms with E-state index < -0.39 is 42.8 Å². The third kappa shape index (κ3) is 6.31. The molecule has 39 heavy (non-hydrogen) atoms. The SMILES string of the molecule is CC(F)(F)CC[C@H]1CSc2cc(OCC3(P(O)O)CC4(CC4)C3)c(C(F)(F)F)cc2N(c2ccc(F)cc2)C1. The third-order valence-electron chi connectivity index (χ3n) is 7.99. The molecule has 1 atom stereocenters. The quantitative estimate of drug-likeness (QED) is 0.239. The van der Waals surface area contributed by atoms with Gasteiger partial charge in [0.25, 0.3) is 0 Å². The second-order valence-electron chi connectivity index (χ2n) is 11.3. The Morgan fingerprint density at radius 2 is 1.74 bits per heavy atom. The highest BCUT2D eigenvalue weighted by atomic mass is 32.2. The molecule has 2 aromatic rings. The lowest BCUT2D eigenvalue weighted by atomic mass is 9.71. The van der Waals surface area contributed by atoms with Gasteiger partial charge in [-0.3, -0.25) is 0 Å². The summed E-state index contributed by atoms with van der Waals surface area (Å²) in [7, 11) is -2.40. The van der Waals surface area contributed by atoms with Gasteiger partial charge in [0.2, 0.25) is 5.92 Å². The van der Waals surface area contributed by atoms with Crippen molar-refractivity contribution >= 4 is 31.5 Å². The number of anilines is 2. The molecule has 0 amide bonds. The molecule has 2 N–H and O–H groups in total. The van der Waals surface area contributed by atoms with Crippen LogP contribution >= 0.6 is 20.1 Å². The van der Waals surface area contributed by atoms with Crippen LogP contribution in [0.2, 0.25) is 0 Å². The summed E-state index contributed by atoms with van der Waals surface area (Å²) in [5.41, 5.74) is -0.252. The van der Waals surface area contributed by atoms with Gasteiger partial charge in [-0.1, -0.05) is 0 Å². The van der Waals surface area contributed by atoms with Crippen molar-refractivity contribution in [1.29, 1.82) is 0 Å². The second-order valence-corrected chi connectivity index (χ2v) is 13.9. The highest BCUT2D eigenvalue weighted by Crippen LogP contribution is 2.72. The molecule has 4 nitrogen and oxygen atoms in total. The average molecular weight is 594 g/mol. The standard InChI is InChI=1S/C27H30F6NO3PS/c1-24(29,30)7-6-17-12-34(19-4-2-18(28)3-5-19)21-10-20(27(31,32)33)22(11-23(21)39-13-17)37-16-26(38(35)36)14-25(15-26)8-9-25/h2-5,10-11,17,35-36H,6-9,12-16H2,1H3/t17-/m1/s1. The van der Waals surface area contributed by atoms with Gasteiger partial charge in [0.1, 0.15) is 18.2 Å².